The number of aromatic nitrogens is 2. The molecule has 1 aromatic heterocycles. The summed E-state index contributed by atoms with van der Waals surface area (Å²) in [7, 11) is 0. The molecular formula is C17H22N4OS. The van der Waals surface area contributed by atoms with Gasteiger partial charge in [-0.3, -0.25) is 4.79 Å². The lowest BCUT2D eigenvalue weighted by Crippen LogP contribution is -2.51. The molecular weight excluding hydrogens is 308 g/mol. The number of piperazine rings is 1. The van der Waals surface area contributed by atoms with Crippen LogP contribution >= 0.6 is 11.5 Å². The third-order valence-electron chi connectivity index (χ3n) is 3.93. The minimum Gasteiger partial charge on any atom is -0.343 e. The molecule has 0 aliphatic carbocycles. The van der Waals surface area contributed by atoms with Crippen LogP contribution in [0.4, 0.5) is 5.13 Å². The third kappa shape index (κ3) is 3.52. The van der Waals surface area contributed by atoms with E-state index in [-0.39, 0.29) is 11.3 Å². The van der Waals surface area contributed by atoms with E-state index in [0.717, 1.165) is 42.7 Å². The van der Waals surface area contributed by atoms with Gasteiger partial charge in [-0.1, -0.05) is 51.1 Å². The van der Waals surface area contributed by atoms with Crippen LogP contribution in [0.5, 0.6) is 0 Å². The molecule has 6 heteroatoms. The molecule has 1 saturated heterocycles. The summed E-state index contributed by atoms with van der Waals surface area (Å²) < 4.78 is 4.46. The van der Waals surface area contributed by atoms with Crippen LogP contribution in [-0.2, 0) is 4.79 Å². The minimum absolute atomic E-state index is 0.222. The molecule has 0 N–H and O–H groups in total. The number of rotatable bonds is 2. The van der Waals surface area contributed by atoms with Crippen molar-refractivity contribution in [1.82, 2.24) is 14.3 Å². The highest BCUT2D eigenvalue weighted by Crippen LogP contribution is 2.25. The molecule has 3 rings (SSSR count). The van der Waals surface area contributed by atoms with Crippen molar-refractivity contribution in [2.45, 2.75) is 20.8 Å². The van der Waals surface area contributed by atoms with Gasteiger partial charge in [-0.15, -0.1) is 0 Å². The molecule has 1 amide bonds. The quantitative estimate of drug-likeness (QED) is 0.849. The number of carbonyl (C=O) groups is 1. The van der Waals surface area contributed by atoms with Gasteiger partial charge in [0.05, 0.1) is 0 Å². The summed E-state index contributed by atoms with van der Waals surface area (Å²) in [4.78, 5) is 21.2. The fraction of sp³-hybridized carbons (Fsp3) is 0.471. The van der Waals surface area contributed by atoms with Gasteiger partial charge in [-0.25, -0.2) is 0 Å². The lowest BCUT2D eigenvalue weighted by molar-refractivity contribution is -0.139. The van der Waals surface area contributed by atoms with Crippen molar-refractivity contribution < 1.29 is 4.79 Å². The average molecular weight is 330 g/mol. The van der Waals surface area contributed by atoms with Gasteiger partial charge in [0.15, 0.2) is 5.82 Å². The number of nitrogens with zero attached hydrogens (tertiary/aromatic N) is 4. The van der Waals surface area contributed by atoms with Crippen molar-refractivity contribution in [1.29, 1.82) is 0 Å². The van der Waals surface area contributed by atoms with Gasteiger partial charge in [0, 0.05) is 48.7 Å². The average Bonchev–Trinajstić information content (AvgIpc) is 3.04. The number of hydrogen-bond donors (Lipinski definition) is 0. The predicted octanol–water partition coefficient (Wildman–Crippen LogP) is 2.90. The van der Waals surface area contributed by atoms with Crippen molar-refractivity contribution in [2.75, 3.05) is 31.1 Å². The fourth-order valence-corrected chi connectivity index (χ4v) is 3.36. The topological polar surface area (TPSA) is 49.3 Å². The lowest BCUT2D eigenvalue weighted by atomic mass is 9.94. The van der Waals surface area contributed by atoms with Crippen LogP contribution in [0.2, 0.25) is 0 Å². The molecule has 1 aliphatic rings. The summed E-state index contributed by atoms with van der Waals surface area (Å²) in [6.45, 7) is 9.03. The molecule has 1 aromatic carbocycles. The van der Waals surface area contributed by atoms with E-state index in [0.29, 0.717) is 0 Å². The minimum atomic E-state index is -0.314. The molecule has 0 spiro atoms. The summed E-state index contributed by atoms with van der Waals surface area (Å²) in [6.07, 6.45) is 0. The first-order valence-electron chi connectivity index (χ1n) is 7.88. The SMILES string of the molecule is CC(C)(C)C(=O)N1CCN(c2nc(-c3ccccc3)ns2)CC1. The van der Waals surface area contributed by atoms with E-state index in [1.165, 1.54) is 11.5 Å². The first-order chi connectivity index (χ1) is 10.9. The monoisotopic (exact) mass is 330 g/mol. The summed E-state index contributed by atoms with van der Waals surface area (Å²) >= 11 is 1.43. The largest absolute Gasteiger partial charge is 0.343 e. The van der Waals surface area contributed by atoms with Gasteiger partial charge in [-0.05, 0) is 0 Å². The highest BCUT2D eigenvalue weighted by molar-refractivity contribution is 7.09. The van der Waals surface area contributed by atoms with E-state index in [9.17, 15) is 4.79 Å². The van der Waals surface area contributed by atoms with Crippen LogP contribution in [0.1, 0.15) is 20.8 Å². The van der Waals surface area contributed by atoms with Gasteiger partial charge < -0.3 is 9.80 Å². The summed E-state index contributed by atoms with van der Waals surface area (Å²) in [6, 6.07) is 10.0. The van der Waals surface area contributed by atoms with Gasteiger partial charge in [0.2, 0.25) is 11.0 Å². The van der Waals surface area contributed by atoms with Crippen LogP contribution in [0.25, 0.3) is 11.4 Å². The molecule has 0 atom stereocenters. The van der Waals surface area contributed by atoms with Crippen LogP contribution < -0.4 is 4.90 Å². The Balaban J connectivity index is 1.65. The number of hydrogen-bond acceptors (Lipinski definition) is 5. The zero-order valence-electron chi connectivity index (χ0n) is 13.8. The normalized spacial score (nSPS) is 15.8. The number of carbonyl (C=O) groups excluding carboxylic acids is 1. The zero-order chi connectivity index (χ0) is 16.4. The van der Waals surface area contributed by atoms with Gasteiger partial charge in [0.1, 0.15) is 0 Å². The molecule has 1 fully saturated rings. The van der Waals surface area contributed by atoms with Crippen LogP contribution in [0, 0.1) is 5.41 Å². The first-order valence-corrected chi connectivity index (χ1v) is 8.66. The highest BCUT2D eigenvalue weighted by Gasteiger charge is 2.30. The Morgan fingerprint density at radius 2 is 1.74 bits per heavy atom. The maximum atomic E-state index is 12.3. The van der Waals surface area contributed by atoms with Gasteiger partial charge in [0.25, 0.3) is 0 Å². The Morgan fingerprint density at radius 1 is 1.09 bits per heavy atom. The Hall–Kier alpha value is -1.95. The second-order valence-corrected chi connectivity index (χ2v) is 7.53. The number of amides is 1. The van der Waals surface area contributed by atoms with E-state index in [1.807, 2.05) is 56.0 Å². The Kier molecular flexibility index (Phi) is 4.35. The molecule has 122 valence electrons. The van der Waals surface area contributed by atoms with Crippen molar-refractivity contribution in [3.8, 4) is 11.4 Å². The first kappa shape index (κ1) is 15.9. The molecule has 23 heavy (non-hydrogen) atoms. The second-order valence-electron chi connectivity index (χ2n) is 6.80. The zero-order valence-corrected chi connectivity index (χ0v) is 14.6. The lowest BCUT2D eigenvalue weighted by Gasteiger charge is -2.37. The molecule has 0 bridgehead atoms. The maximum Gasteiger partial charge on any atom is 0.228 e. The van der Waals surface area contributed by atoms with Crippen molar-refractivity contribution in [3.63, 3.8) is 0 Å². The van der Waals surface area contributed by atoms with E-state index in [1.54, 1.807) is 0 Å². The Morgan fingerprint density at radius 3 is 2.35 bits per heavy atom. The number of anilines is 1. The summed E-state index contributed by atoms with van der Waals surface area (Å²) in [5.74, 6) is 0.998. The van der Waals surface area contributed by atoms with Crippen LogP contribution in [0.15, 0.2) is 30.3 Å². The van der Waals surface area contributed by atoms with Crippen molar-refractivity contribution in [2.24, 2.45) is 5.41 Å². The molecule has 2 heterocycles. The molecule has 0 saturated carbocycles. The molecule has 5 nitrogen and oxygen atoms in total. The van der Waals surface area contributed by atoms with Gasteiger partial charge >= 0.3 is 0 Å². The second kappa shape index (κ2) is 6.28. The predicted molar refractivity (Wildman–Crippen MR) is 93.6 cm³/mol. The summed E-state index contributed by atoms with van der Waals surface area (Å²) in [5.41, 5.74) is 0.724. The molecule has 1 aliphatic heterocycles. The van der Waals surface area contributed by atoms with Crippen molar-refractivity contribution >= 4 is 22.6 Å². The van der Waals surface area contributed by atoms with Crippen LogP contribution in [0.3, 0.4) is 0 Å². The number of benzene rings is 1. The fourth-order valence-electron chi connectivity index (χ4n) is 2.62. The van der Waals surface area contributed by atoms with E-state index in [4.69, 9.17) is 0 Å². The van der Waals surface area contributed by atoms with Gasteiger partial charge in [-0.2, -0.15) is 9.36 Å². The molecule has 2 aromatic rings. The van der Waals surface area contributed by atoms with Crippen molar-refractivity contribution in [3.05, 3.63) is 30.3 Å². The van der Waals surface area contributed by atoms with E-state index < -0.39 is 0 Å². The van der Waals surface area contributed by atoms with E-state index in [2.05, 4.69) is 14.3 Å². The highest BCUT2D eigenvalue weighted by atomic mass is 32.1. The third-order valence-corrected chi connectivity index (χ3v) is 4.70. The Labute approximate surface area is 141 Å². The Bertz CT molecular complexity index is 669. The standard InChI is InChI=1S/C17H22N4OS/c1-17(2,3)15(22)20-9-11-21(12-10-20)16-18-14(19-23-16)13-7-5-4-6-8-13/h4-8H,9-12H2,1-3H3. The smallest absolute Gasteiger partial charge is 0.228 e. The summed E-state index contributed by atoms with van der Waals surface area (Å²) in [5, 5.41) is 0.937. The maximum absolute atomic E-state index is 12.3. The molecule has 0 radical (unpaired) electrons. The molecule has 0 unspecified atom stereocenters. The van der Waals surface area contributed by atoms with E-state index >= 15 is 0 Å². The van der Waals surface area contributed by atoms with Crippen LogP contribution in [-0.4, -0.2) is 46.3 Å².